The molecule has 1 N–H and O–H groups in total. The molecule has 5 nitrogen and oxygen atoms in total. The van der Waals surface area contributed by atoms with Crippen LogP contribution in [0.15, 0.2) is 6.33 Å². The number of aromatic nitrogens is 2. The van der Waals surface area contributed by atoms with Gasteiger partial charge in [-0.3, -0.25) is 0 Å². The van der Waals surface area contributed by atoms with Gasteiger partial charge in [-0.15, -0.1) is 0 Å². The van der Waals surface area contributed by atoms with Gasteiger partial charge in [-0.1, -0.05) is 13.8 Å². The summed E-state index contributed by atoms with van der Waals surface area (Å²) in [4.78, 5) is 10.8. The van der Waals surface area contributed by atoms with Crippen molar-refractivity contribution in [2.45, 2.75) is 39.7 Å². The lowest BCUT2D eigenvalue weighted by molar-refractivity contribution is 0.0845. The minimum absolute atomic E-state index is 0.260. The van der Waals surface area contributed by atoms with E-state index in [1.165, 1.54) is 0 Å². The van der Waals surface area contributed by atoms with Crippen molar-refractivity contribution in [2.75, 3.05) is 37.5 Å². The summed E-state index contributed by atoms with van der Waals surface area (Å²) in [5, 5.41) is 3.14. The molecule has 1 rings (SSSR count). The molecule has 0 fully saturated rings. The van der Waals surface area contributed by atoms with Crippen LogP contribution >= 0.6 is 0 Å². The van der Waals surface area contributed by atoms with E-state index in [1.54, 1.807) is 6.33 Å². The van der Waals surface area contributed by atoms with Crippen LogP contribution in [0, 0.1) is 0 Å². The molecule has 0 bridgehead atoms. The highest BCUT2D eigenvalue weighted by atomic mass is 16.5. The van der Waals surface area contributed by atoms with E-state index >= 15 is 0 Å². The number of likely N-dealkylation sites (N-methyl/N-ethyl adjacent to an activating group) is 1. The highest BCUT2D eigenvalue weighted by molar-refractivity contribution is 5.59. The van der Waals surface area contributed by atoms with Gasteiger partial charge in [-0.2, -0.15) is 0 Å². The van der Waals surface area contributed by atoms with Crippen LogP contribution in [0.3, 0.4) is 0 Å². The summed E-state index contributed by atoms with van der Waals surface area (Å²) in [7, 11) is 3.93. The van der Waals surface area contributed by atoms with Gasteiger partial charge in [0.05, 0.1) is 12.7 Å². The molecule has 0 amide bonds. The van der Waals surface area contributed by atoms with Crippen LogP contribution in [0.4, 0.5) is 11.6 Å². The van der Waals surface area contributed by atoms with Crippen molar-refractivity contribution < 1.29 is 4.74 Å². The summed E-state index contributed by atoms with van der Waals surface area (Å²) in [5.74, 6) is 2.24. The summed E-state index contributed by atoms with van der Waals surface area (Å²) in [6.45, 7) is 9.92. The van der Waals surface area contributed by atoms with Gasteiger partial charge in [0.2, 0.25) is 0 Å². The summed E-state index contributed by atoms with van der Waals surface area (Å²) < 4.78 is 5.59. The van der Waals surface area contributed by atoms with E-state index in [1.807, 2.05) is 27.9 Å². The van der Waals surface area contributed by atoms with E-state index in [0.29, 0.717) is 12.5 Å². The third-order valence-electron chi connectivity index (χ3n) is 2.92. The Kier molecular flexibility index (Phi) is 6.02. The van der Waals surface area contributed by atoms with E-state index in [9.17, 15) is 0 Å². The average Bonchev–Trinajstić information content (AvgIpc) is 2.36. The Hall–Kier alpha value is -1.36. The van der Waals surface area contributed by atoms with Gasteiger partial charge in [-0.25, -0.2) is 9.97 Å². The third kappa shape index (κ3) is 4.35. The third-order valence-corrected chi connectivity index (χ3v) is 2.92. The number of anilines is 2. The molecule has 0 atom stereocenters. The number of nitrogens with one attached hydrogen (secondary N) is 1. The zero-order valence-electron chi connectivity index (χ0n) is 12.9. The molecule has 0 saturated heterocycles. The van der Waals surface area contributed by atoms with Crippen molar-refractivity contribution in [1.29, 1.82) is 0 Å². The largest absolute Gasteiger partial charge is 0.377 e. The molecule has 1 heterocycles. The van der Waals surface area contributed by atoms with Crippen LogP contribution < -0.4 is 10.2 Å². The molecule has 1 aromatic rings. The van der Waals surface area contributed by atoms with Crippen LogP contribution in [0.5, 0.6) is 0 Å². The molecule has 0 aliphatic rings. The zero-order chi connectivity index (χ0) is 14.4. The quantitative estimate of drug-likeness (QED) is 0.821. The Balaban J connectivity index is 2.86. The van der Waals surface area contributed by atoms with Crippen molar-refractivity contribution in [3.63, 3.8) is 0 Å². The van der Waals surface area contributed by atoms with Crippen molar-refractivity contribution in [3.05, 3.63) is 11.9 Å². The predicted molar refractivity (Wildman–Crippen MR) is 80.0 cm³/mol. The maximum atomic E-state index is 5.59. The van der Waals surface area contributed by atoms with E-state index in [4.69, 9.17) is 4.74 Å². The second-order valence-electron chi connectivity index (χ2n) is 5.21. The second-order valence-corrected chi connectivity index (χ2v) is 5.21. The number of hydrogen-bond acceptors (Lipinski definition) is 5. The van der Waals surface area contributed by atoms with Crippen molar-refractivity contribution in [2.24, 2.45) is 0 Å². The molecule has 0 spiro atoms. The minimum Gasteiger partial charge on any atom is -0.377 e. The van der Waals surface area contributed by atoms with Gasteiger partial charge < -0.3 is 15.0 Å². The number of ether oxygens (including phenoxy) is 1. The van der Waals surface area contributed by atoms with Gasteiger partial charge in [0.1, 0.15) is 18.0 Å². The monoisotopic (exact) mass is 266 g/mol. The molecule has 5 heteroatoms. The lowest BCUT2D eigenvalue weighted by Gasteiger charge is -2.24. The van der Waals surface area contributed by atoms with Crippen LogP contribution in [0.1, 0.15) is 39.2 Å². The molecular formula is C14H26N4O. The molecule has 0 aliphatic carbocycles. The van der Waals surface area contributed by atoms with Crippen molar-refractivity contribution >= 4 is 11.6 Å². The number of hydrogen-bond donors (Lipinski definition) is 1. The molecule has 0 saturated carbocycles. The summed E-state index contributed by atoms with van der Waals surface area (Å²) in [6, 6.07) is 0. The highest BCUT2D eigenvalue weighted by Crippen LogP contribution is 2.29. The molecule has 0 radical (unpaired) electrons. The van der Waals surface area contributed by atoms with Crippen LogP contribution in [-0.4, -0.2) is 43.3 Å². The summed E-state index contributed by atoms with van der Waals surface area (Å²) in [5.41, 5.74) is 1.15. The second kappa shape index (κ2) is 7.28. The van der Waals surface area contributed by atoms with Gasteiger partial charge in [0.15, 0.2) is 0 Å². The number of nitrogens with zero attached hydrogens (tertiary/aromatic N) is 3. The highest BCUT2D eigenvalue weighted by Gasteiger charge is 2.17. The van der Waals surface area contributed by atoms with Gasteiger partial charge in [-0.05, 0) is 19.8 Å². The first kappa shape index (κ1) is 15.7. The summed E-state index contributed by atoms with van der Waals surface area (Å²) in [6.07, 6.45) is 1.86. The maximum absolute atomic E-state index is 5.59. The lowest BCUT2D eigenvalue weighted by atomic mass is 10.0. The molecular weight excluding hydrogens is 240 g/mol. The molecule has 108 valence electrons. The van der Waals surface area contributed by atoms with E-state index in [-0.39, 0.29) is 6.10 Å². The van der Waals surface area contributed by atoms with Crippen molar-refractivity contribution in [3.8, 4) is 0 Å². The lowest BCUT2D eigenvalue weighted by Crippen LogP contribution is -2.26. The van der Waals surface area contributed by atoms with Gasteiger partial charge in [0.25, 0.3) is 0 Å². The Labute approximate surface area is 116 Å². The average molecular weight is 266 g/mol. The maximum Gasteiger partial charge on any atom is 0.137 e. The summed E-state index contributed by atoms with van der Waals surface area (Å²) >= 11 is 0. The normalized spacial score (nSPS) is 11.2. The minimum atomic E-state index is 0.260. The van der Waals surface area contributed by atoms with Crippen LogP contribution in [0.2, 0.25) is 0 Å². The molecule has 0 aromatic carbocycles. The molecule has 0 unspecified atom stereocenters. The van der Waals surface area contributed by atoms with Gasteiger partial charge >= 0.3 is 0 Å². The Morgan fingerprint density at radius 1 is 1.26 bits per heavy atom. The Morgan fingerprint density at radius 2 is 1.95 bits per heavy atom. The fourth-order valence-electron chi connectivity index (χ4n) is 1.95. The topological polar surface area (TPSA) is 50.3 Å². The Morgan fingerprint density at radius 3 is 2.47 bits per heavy atom. The van der Waals surface area contributed by atoms with E-state index < -0.39 is 0 Å². The number of rotatable bonds is 7. The molecule has 0 aliphatic heterocycles. The SMILES string of the molecule is CNc1ncnc(N(C)CCOC(C)C)c1C(C)C. The smallest absolute Gasteiger partial charge is 0.137 e. The van der Waals surface area contributed by atoms with Crippen molar-refractivity contribution in [1.82, 2.24) is 9.97 Å². The zero-order valence-corrected chi connectivity index (χ0v) is 12.9. The van der Waals surface area contributed by atoms with E-state index in [0.717, 1.165) is 23.7 Å². The first-order chi connectivity index (χ1) is 8.97. The van der Waals surface area contributed by atoms with Gasteiger partial charge in [0, 0.05) is 26.2 Å². The first-order valence-electron chi connectivity index (χ1n) is 6.82. The fourth-order valence-corrected chi connectivity index (χ4v) is 1.95. The molecule has 1 aromatic heterocycles. The predicted octanol–water partition coefficient (Wildman–Crippen LogP) is 2.50. The molecule has 19 heavy (non-hydrogen) atoms. The first-order valence-corrected chi connectivity index (χ1v) is 6.82. The fraction of sp³-hybridized carbons (Fsp3) is 0.714. The standard InChI is InChI=1S/C14H26N4O/c1-10(2)12-13(15-5)16-9-17-14(12)18(6)7-8-19-11(3)4/h9-11H,7-8H2,1-6H3,(H,15,16,17). The van der Waals surface area contributed by atoms with Crippen LogP contribution in [0.25, 0.3) is 0 Å². The van der Waals surface area contributed by atoms with Crippen LogP contribution in [-0.2, 0) is 4.74 Å². The Bertz CT molecular complexity index is 393. The van der Waals surface area contributed by atoms with E-state index in [2.05, 4.69) is 34.0 Å².